The van der Waals surface area contributed by atoms with E-state index in [4.69, 9.17) is 11.2 Å². The quantitative estimate of drug-likeness (QED) is 0.469. The Labute approximate surface area is 111 Å². The second-order valence-corrected chi connectivity index (χ2v) is 4.07. The van der Waals surface area contributed by atoms with Crippen molar-refractivity contribution in [2.45, 2.75) is 6.04 Å². The molecule has 1 aliphatic heterocycles. The van der Waals surface area contributed by atoms with Crippen molar-refractivity contribution >= 4 is 11.9 Å². The molecule has 1 unspecified atom stereocenters. The molecule has 1 saturated heterocycles. The van der Waals surface area contributed by atoms with Gasteiger partial charge >= 0.3 is 6.09 Å². The zero-order valence-electron chi connectivity index (χ0n) is 10.3. The number of benzene rings is 1. The van der Waals surface area contributed by atoms with Crippen LogP contribution in [0.2, 0.25) is 0 Å². The number of allylic oxidation sites excluding steroid dienone is 1. The lowest BCUT2D eigenvalue weighted by Crippen LogP contribution is -2.32. The van der Waals surface area contributed by atoms with Crippen LogP contribution in [0.15, 0.2) is 42.5 Å². The molecule has 1 atom stereocenters. The molecule has 1 heterocycles. The third-order valence-electron chi connectivity index (χ3n) is 2.80. The summed E-state index contributed by atoms with van der Waals surface area (Å²) in [4.78, 5) is 24.7. The predicted octanol–water partition coefficient (Wildman–Crippen LogP) is 1.88. The number of hydrogen-bond donors (Lipinski definition) is 0. The standard InChI is InChI=1S/C15H13NO3/c1-2-10-16-13(11-19-15(16)18)8-9-14(17)12-6-4-3-5-7-12/h1,3-9,13H,10-11H2/b9-8+. The van der Waals surface area contributed by atoms with Crippen molar-refractivity contribution in [1.29, 1.82) is 0 Å². The molecule has 0 bridgehead atoms. The summed E-state index contributed by atoms with van der Waals surface area (Å²) < 4.78 is 4.90. The van der Waals surface area contributed by atoms with Crippen LogP contribution in [0.1, 0.15) is 10.4 Å². The third-order valence-corrected chi connectivity index (χ3v) is 2.80. The number of rotatable bonds is 4. The topological polar surface area (TPSA) is 46.6 Å². The molecule has 0 N–H and O–H groups in total. The smallest absolute Gasteiger partial charge is 0.411 e. The van der Waals surface area contributed by atoms with Crippen LogP contribution in [-0.4, -0.2) is 36.0 Å². The van der Waals surface area contributed by atoms with Crippen LogP contribution in [0.5, 0.6) is 0 Å². The minimum absolute atomic E-state index is 0.111. The molecular weight excluding hydrogens is 242 g/mol. The van der Waals surface area contributed by atoms with Crippen LogP contribution in [-0.2, 0) is 4.74 Å². The normalized spacial score (nSPS) is 18.4. The molecule has 1 aromatic rings. The molecule has 2 rings (SSSR count). The van der Waals surface area contributed by atoms with E-state index in [1.165, 1.54) is 11.0 Å². The number of cyclic esters (lactones) is 1. The number of terminal acetylenes is 1. The van der Waals surface area contributed by atoms with Gasteiger partial charge in [0, 0.05) is 5.56 Å². The first-order valence-electron chi connectivity index (χ1n) is 5.87. The average Bonchev–Trinajstić information content (AvgIpc) is 2.79. The van der Waals surface area contributed by atoms with E-state index in [0.29, 0.717) is 5.56 Å². The lowest BCUT2D eigenvalue weighted by molar-refractivity contribution is 0.104. The molecule has 19 heavy (non-hydrogen) atoms. The van der Waals surface area contributed by atoms with Crippen molar-refractivity contribution < 1.29 is 14.3 Å². The largest absolute Gasteiger partial charge is 0.447 e. The highest BCUT2D eigenvalue weighted by molar-refractivity contribution is 6.04. The minimum Gasteiger partial charge on any atom is -0.447 e. The summed E-state index contributed by atoms with van der Waals surface area (Å²) in [5, 5.41) is 0. The highest BCUT2D eigenvalue weighted by atomic mass is 16.6. The van der Waals surface area contributed by atoms with E-state index in [9.17, 15) is 9.59 Å². The number of carbonyl (C=O) groups excluding carboxylic acids is 2. The first-order chi connectivity index (χ1) is 9.22. The third kappa shape index (κ3) is 3.02. The molecule has 1 aliphatic rings. The molecule has 0 aromatic heterocycles. The Balaban J connectivity index is 2.05. The maximum atomic E-state index is 11.9. The molecule has 4 nitrogen and oxygen atoms in total. The highest BCUT2D eigenvalue weighted by Crippen LogP contribution is 2.13. The summed E-state index contributed by atoms with van der Waals surface area (Å²) in [5.41, 5.74) is 0.604. The molecule has 0 radical (unpaired) electrons. The summed E-state index contributed by atoms with van der Waals surface area (Å²) >= 11 is 0. The van der Waals surface area contributed by atoms with Gasteiger partial charge in [-0.15, -0.1) is 6.42 Å². The lowest BCUT2D eigenvalue weighted by atomic mass is 10.1. The zero-order valence-corrected chi connectivity index (χ0v) is 10.3. The Bertz CT molecular complexity index is 542. The Morgan fingerprint density at radius 1 is 1.47 bits per heavy atom. The van der Waals surface area contributed by atoms with Crippen LogP contribution < -0.4 is 0 Å². The Kier molecular flexibility index (Phi) is 3.99. The van der Waals surface area contributed by atoms with E-state index in [1.807, 2.05) is 6.07 Å². The first kappa shape index (κ1) is 12.9. The van der Waals surface area contributed by atoms with E-state index in [-0.39, 0.29) is 25.0 Å². The number of amides is 1. The molecular formula is C15H13NO3. The highest BCUT2D eigenvalue weighted by Gasteiger charge is 2.30. The van der Waals surface area contributed by atoms with E-state index in [0.717, 1.165) is 0 Å². The van der Waals surface area contributed by atoms with Crippen molar-refractivity contribution in [2.75, 3.05) is 13.2 Å². The fourth-order valence-electron chi connectivity index (χ4n) is 1.80. The van der Waals surface area contributed by atoms with Gasteiger partial charge in [-0.3, -0.25) is 9.69 Å². The fourth-order valence-corrected chi connectivity index (χ4v) is 1.80. The second kappa shape index (κ2) is 5.87. The van der Waals surface area contributed by atoms with Gasteiger partial charge in [0.2, 0.25) is 0 Å². The molecule has 4 heteroatoms. The summed E-state index contributed by atoms with van der Waals surface area (Å²) in [6.07, 6.45) is 7.84. The van der Waals surface area contributed by atoms with Crippen LogP contribution in [0.25, 0.3) is 0 Å². The van der Waals surface area contributed by atoms with E-state index in [1.54, 1.807) is 30.3 Å². The van der Waals surface area contributed by atoms with Gasteiger partial charge in [-0.05, 0) is 6.08 Å². The summed E-state index contributed by atoms with van der Waals surface area (Å²) in [6.45, 7) is 0.395. The minimum atomic E-state index is -0.445. The van der Waals surface area contributed by atoms with Gasteiger partial charge in [0.15, 0.2) is 5.78 Å². The molecule has 1 fully saturated rings. The SMILES string of the molecule is C#CCN1C(=O)OCC1/C=C/C(=O)c1ccccc1. The van der Waals surface area contributed by atoms with Crippen molar-refractivity contribution in [3.05, 3.63) is 48.0 Å². The van der Waals surface area contributed by atoms with E-state index in [2.05, 4.69) is 5.92 Å². The molecule has 0 spiro atoms. The second-order valence-electron chi connectivity index (χ2n) is 4.07. The monoisotopic (exact) mass is 255 g/mol. The number of carbonyl (C=O) groups is 2. The van der Waals surface area contributed by atoms with Crippen LogP contribution in [0, 0.1) is 12.3 Å². The summed E-state index contributed by atoms with van der Waals surface area (Å²) in [5.74, 6) is 2.29. The van der Waals surface area contributed by atoms with Crippen LogP contribution in [0.3, 0.4) is 0 Å². The number of nitrogens with zero attached hydrogens (tertiary/aromatic N) is 1. The molecule has 96 valence electrons. The molecule has 1 aromatic carbocycles. The van der Waals surface area contributed by atoms with E-state index >= 15 is 0 Å². The molecule has 1 amide bonds. The van der Waals surface area contributed by atoms with Crippen molar-refractivity contribution in [3.63, 3.8) is 0 Å². The first-order valence-corrected chi connectivity index (χ1v) is 5.87. The van der Waals surface area contributed by atoms with Crippen molar-refractivity contribution in [3.8, 4) is 12.3 Å². The van der Waals surface area contributed by atoms with Crippen LogP contribution >= 0.6 is 0 Å². The molecule has 0 aliphatic carbocycles. The molecule has 0 saturated carbocycles. The number of hydrogen-bond acceptors (Lipinski definition) is 3. The van der Waals surface area contributed by atoms with Gasteiger partial charge in [-0.2, -0.15) is 0 Å². The average molecular weight is 255 g/mol. The predicted molar refractivity (Wildman–Crippen MR) is 70.6 cm³/mol. The zero-order chi connectivity index (χ0) is 13.7. The lowest BCUT2D eigenvalue weighted by Gasteiger charge is -2.14. The summed E-state index contributed by atoms with van der Waals surface area (Å²) in [7, 11) is 0. The fraction of sp³-hybridized carbons (Fsp3) is 0.200. The van der Waals surface area contributed by atoms with E-state index < -0.39 is 6.09 Å². The maximum absolute atomic E-state index is 11.9. The van der Waals surface area contributed by atoms with Gasteiger partial charge < -0.3 is 4.74 Å². The number of ether oxygens (including phenoxy) is 1. The van der Waals surface area contributed by atoms with Gasteiger partial charge in [0.05, 0.1) is 12.6 Å². The summed E-state index contributed by atoms with van der Waals surface area (Å²) in [6, 6.07) is 8.64. The van der Waals surface area contributed by atoms with Gasteiger partial charge in [-0.25, -0.2) is 4.79 Å². The van der Waals surface area contributed by atoms with Gasteiger partial charge in [-0.1, -0.05) is 42.3 Å². The van der Waals surface area contributed by atoms with Crippen molar-refractivity contribution in [1.82, 2.24) is 4.90 Å². The van der Waals surface area contributed by atoms with Gasteiger partial charge in [0.25, 0.3) is 0 Å². The van der Waals surface area contributed by atoms with Gasteiger partial charge in [0.1, 0.15) is 6.61 Å². The van der Waals surface area contributed by atoms with Crippen molar-refractivity contribution in [2.24, 2.45) is 0 Å². The number of ketones is 1. The Morgan fingerprint density at radius 2 is 2.21 bits per heavy atom. The maximum Gasteiger partial charge on any atom is 0.411 e. The Morgan fingerprint density at radius 3 is 2.89 bits per heavy atom. The van der Waals surface area contributed by atoms with Crippen LogP contribution in [0.4, 0.5) is 4.79 Å². The Hall–Kier alpha value is -2.54.